The third-order valence-electron chi connectivity index (χ3n) is 4.65. The lowest BCUT2D eigenvalue weighted by Crippen LogP contribution is -2.40. The zero-order valence-corrected chi connectivity index (χ0v) is 14.9. The minimum absolute atomic E-state index is 0.0243. The molecule has 7 nitrogen and oxygen atoms in total. The fourth-order valence-corrected chi connectivity index (χ4v) is 2.91. The fourth-order valence-electron chi connectivity index (χ4n) is 2.91. The summed E-state index contributed by atoms with van der Waals surface area (Å²) in [5, 5.41) is 0. The summed E-state index contributed by atoms with van der Waals surface area (Å²) in [6.07, 6.45) is 0.438. The van der Waals surface area contributed by atoms with Crippen LogP contribution in [0.25, 0.3) is 0 Å². The molecule has 138 valence electrons. The molecule has 1 aromatic carbocycles. The van der Waals surface area contributed by atoms with Crippen molar-refractivity contribution in [2.24, 2.45) is 0 Å². The highest BCUT2D eigenvalue weighted by Gasteiger charge is 2.20. The molecule has 0 radical (unpaired) electrons. The van der Waals surface area contributed by atoms with Crippen LogP contribution in [-0.4, -0.2) is 75.2 Å². The van der Waals surface area contributed by atoms with Crippen molar-refractivity contribution in [2.75, 3.05) is 53.3 Å². The largest absolute Gasteiger partial charge is 0.454 e. The van der Waals surface area contributed by atoms with Gasteiger partial charge in [-0.25, -0.2) is 4.79 Å². The maximum atomic E-state index is 12.2. The molecule has 2 aliphatic rings. The van der Waals surface area contributed by atoms with Crippen molar-refractivity contribution < 1.29 is 23.7 Å². The van der Waals surface area contributed by atoms with Gasteiger partial charge in [-0.15, -0.1) is 0 Å². The average Bonchev–Trinajstić information content (AvgIpc) is 3.09. The lowest BCUT2D eigenvalue weighted by molar-refractivity contribution is 0.0245. The first-order valence-electron chi connectivity index (χ1n) is 8.71. The van der Waals surface area contributed by atoms with Crippen molar-refractivity contribution in [1.82, 2.24) is 9.80 Å². The standard InChI is InChI=1S/C18H26N2O5/c1-14(11-15-3-4-16-17(12-15)25-13-24-16)19(2)18(21)23-10-7-20-5-8-22-9-6-20/h3-4,12,14H,5-11,13H2,1-2H3. The lowest BCUT2D eigenvalue weighted by Gasteiger charge is -2.28. The van der Waals surface area contributed by atoms with Crippen molar-refractivity contribution in [1.29, 1.82) is 0 Å². The molecule has 25 heavy (non-hydrogen) atoms. The van der Waals surface area contributed by atoms with Crippen LogP contribution < -0.4 is 9.47 Å². The quantitative estimate of drug-likeness (QED) is 0.779. The summed E-state index contributed by atoms with van der Waals surface area (Å²) in [6, 6.07) is 5.90. The number of hydrogen-bond acceptors (Lipinski definition) is 6. The van der Waals surface area contributed by atoms with E-state index in [-0.39, 0.29) is 18.9 Å². The normalized spacial score (nSPS) is 18.0. The minimum atomic E-state index is -0.290. The Bertz CT molecular complexity index is 589. The van der Waals surface area contributed by atoms with Gasteiger partial charge in [-0.05, 0) is 31.0 Å². The number of amides is 1. The van der Waals surface area contributed by atoms with Gasteiger partial charge >= 0.3 is 6.09 Å². The summed E-state index contributed by atoms with van der Waals surface area (Å²) >= 11 is 0. The first-order chi connectivity index (χ1) is 12.1. The van der Waals surface area contributed by atoms with Crippen LogP contribution in [0.5, 0.6) is 11.5 Å². The van der Waals surface area contributed by atoms with E-state index in [0.717, 1.165) is 56.3 Å². The monoisotopic (exact) mass is 350 g/mol. The molecule has 0 spiro atoms. The Hall–Kier alpha value is -1.99. The van der Waals surface area contributed by atoms with Gasteiger partial charge in [0.25, 0.3) is 0 Å². The molecule has 0 aliphatic carbocycles. The van der Waals surface area contributed by atoms with Crippen molar-refractivity contribution in [2.45, 2.75) is 19.4 Å². The molecule has 1 aromatic rings. The molecular weight excluding hydrogens is 324 g/mol. The summed E-state index contributed by atoms with van der Waals surface area (Å²) < 4.78 is 21.4. The molecule has 1 atom stereocenters. The van der Waals surface area contributed by atoms with Crippen LogP contribution in [0.3, 0.4) is 0 Å². The Labute approximate surface area is 148 Å². The molecule has 0 bridgehead atoms. The van der Waals surface area contributed by atoms with E-state index in [2.05, 4.69) is 4.90 Å². The predicted molar refractivity (Wildman–Crippen MR) is 92.1 cm³/mol. The predicted octanol–water partition coefficient (Wildman–Crippen LogP) is 1.75. The number of carbonyl (C=O) groups excluding carboxylic acids is 1. The molecule has 0 N–H and O–H groups in total. The van der Waals surface area contributed by atoms with E-state index < -0.39 is 0 Å². The van der Waals surface area contributed by atoms with Gasteiger partial charge in [0.15, 0.2) is 11.5 Å². The number of carbonyl (C=O) groups is 1. The van der Waals surface area contributed by atoms with Gasteiger partial charge in [0.1, 0.15) is 6.61 Å². The van der Waals surface area contributed by atoms with Crippen molar-refractivity contribution in [3.05, 3.63) is 23.8 Å². The minimum Gasteiger partial charge on any atom is -0.454 e. The highest BCUT2D eigenvalue weighted by Crippen LogP contribution is 2.32. The number of fused-ring (bicyclic) bond motifs is 1. The smallest absolute Gasteiger partial charge is 0.409 e. The van der Waals surface area contributed by atoms with Crippen LogP contribution in [0.4, 0.5) is 4.79 Å². The zero-order chi connectivity index (χ0) is 17.6. The Kier molecular flexibility index (Phi) is 5.99. The number of benzene rings is 1. The van der Waals surface area contributed by atoms with Gasteiger partial charge < -0.3 is 23.8 Å². The zero-order valence-electron chi connectivity index (χ0n) is 14.9. The van der Waals surface area contributed by atoms with Gasteiger partial charge in [-0.2, -0.15) is 0 Å². The second kappa shape index (κ2) is 8.40. The maximum Gasteiger partial charge on any atom is 0.409 e. The Morgan fingerprint density at radius 1 is 1.28 bits per heavy atom. The first-order valence-corrected chi connectivity index (χ1v) is 8.71. The Balaban J connectivity index is 1.43. The summed E-state index contributed by atoms with van der Waals surface area (Å²) in [4.78, 5) is 16.1. The fraction of sp³-hybridized carbons (Fsp3) is 0.611. The number of rotatable bonds is 6. The highest BCUT2D eigenvalue weighted by atomic mass is 16.7. The summed E-state index contributed by atoms with van der Waals surface area (Å²) in [5.74, 6) is 1.53. The second-order valence-corrected chi connectivity index (χ2v) is 6.42. The third kappa shape index (κ3) is 4.76. The molecule has 1 amide bonds. The van der Waals surface area contributed by atoms with E-state index >= 15 is 0 Å². The summed E-state index contributed by atoms with van der Waals surface area (Å²) in [5.41, 5.74) is 1.10. The molecule has 1 unspecified atom stereocenters. The number of hydrogen-bond donors (Lipinski definition) is 0. The number of nitrogens with zero attached hydrogens (tertiary/aromatic N) is 2. The van der Waals surface area contributed by atoms with E-state index in [9.17, 15) is 4.79 Å². The average molecular weight is 350 g/mol. The van der Waals surface area contributed by atoms with Gasteiger partial charge in [0.05, 0.1) is 13.2 Å². The number of ether oxygens (including phenoxy) is 4. The van der Waals surface area contributed by atoms with Crippen LogP contribution >= 0.6 is 0 Å². The topological polar surface area (TPSA) is 60.5 Å². The molecule has 1 saturated heterocycles. The van der Waals surface area contributed by atoms with Gasteiger partial charge in [-0.3, -0.25) is 4.90 Å². The Morgan fingerprint density at radius 2 is 2.04 bits per heavy atom. The Morgan fingerprint density at radius 3 is 2.84 bits per heavy atom. The molecule has 7 heteroatoms. The maximum absolute atomic E-state index is 12.2. The molecule has 3 rings (SSSR count). The number of likely N-dealkylation sites (N-methyl/N-ethyl adjacent to an activating group) is 1. The first kappa shape index (κ1) is 17.8. The summed E-state index contributed by atoms with van der Waals surface area (Å²) in [6.45, 7) is 6.72. The molecule has 2 heterocycles. The molecule has 0 aromatic heterocycles. The van der Waals surface area contributed by atoms with Crippen LogP contribution in [0.2, 0.25) is 0 Å². The molecule has 2 aliphatic heterocycles. The van der Waals surface area contributed by atoms with Gasteiger partial charge in [0, 0.05) is 32.7 Å². The second-order valence-electron chi connectivity index (χ2n) is 6.42. The van der Waals surface area contributed by atoms with E-state index in [4.69, 9.17) is 18.9 Å². The molecule has 0 saturated carbocycles. The number of morpholine rings is 1. The van der Waals surface area contributed by atoms with Crippen LogP contribution in [-0.2, 0) is 15.9 Å². The van der Waals surface area contributed by atoms with Crippen molar-refractivity contribution >= 4 is 6.09 Å². The highest BCUT2D eigenvalue weighted by molar-refractivity contribution is 5.67. The van der Waals surface area contributed by atoms with E-state index in [1.807, 2.05) is 25.1 Å². The van der Waals surface area contributed by atoms with E-state index in [0.29, 0.717) is 6.61 Å². The van der Waals surface area contributed by atoms with Gasteiger partial charge in [-0.1, -0.05) is 6.07 Å². The van der Waals surface area contributed by atoms with E-state index in [1.165, 1.54) is 0 Å². The third-order valence-corrected chi connectivity index (χ3v) is 4.65. The van der Waals surface area contributed by atoms with Crippen LogP contribution in [0, 0.1) is 0 Å². The SMILES string of the molecule is CC(Cc1ccc2c(c1)OCO2)N(C)C(=O)OCCN1CCOCC1. The van der Waals surface area contributed by atoms with Crippen LogP contribution in [0.1, 0.15) is 12.5 Å². The van der Waals surface area contributed by atoms with Crippen LogP contribution in [0.15, 0.2) is 18.2 Å². The molecular formula is C18H26N2O5. The lowest BCUT2D eigenvalue weighted by atomic mass is 10.1. The van der Waals surface area contributed by atoms with Crippen molar-refractivity contribution in [3.8, 4) is 11.5 Å². The summed E-state index contributed by atoms with van der Waals surface area (Å²) in [7, 11) is 1.77. The van der Waals surface area contributed by atoms with Gasteiger partial charge in [0.2, 0.25) is 6.79 Å². The molecule has 1 fully saturated rings. The van der Waals surface area contributed by atoms with E-state index in [1.54, 1.807) is 11.9 Å². The van der Waals surface area contributed by atoms with Crippen molar-refractivity contribution in [3.63, 3.8) is 0 Å².